The van der Waals surface area contributed by atoms with Crippen LogP contribution in [0.25, 0.3) is 55.2 Å². The highest BCUT2D eigenvalue weighted by Crippen LogP contribution is 2.53. The summed E-state index contributed by atoms with van der Waals surface area (Å²) in [5.74, 6) is 0. The van der Waals surface area contributed by atoms with Crippen LogP contribution in [0, 0.1) is 0 Å². The number of pyridine rings is 1. The molecule has 7 rings (SSSR count). The van der Waals surface area contributed by atoms with Gasteiger partial charge in [-0.25, -0.2) is 4.98 Å². The molecule has 1 aliphatic rings. The van der Waals surface area contributed by atoms with Crippen molar-refractivity contribution in [2.24, 2.45) is 0 Å². The second-order valence-electron chi connectivity index (χ2n) is 10.0. The molecular weight excluding hydrogens is 422 g/mol. The molecule has 0 atom stereocenters. The predicted octanol–water partition coefficient (Wildman–Crippen LogP) is 9.03. The van der Waals surface area contributed by atoms with Crippen LogP contribution < -0.4 is 0 Å². The standard InChI is InChI=1S/C34H25N/c1-34(2)29-13-7-5-11-27(29)33-32(34)31(28-12-6-8-14-30(28)35-33)24-18-15-23(16-19-24)26-20-17-22-9-3-4-10-25(22)21-26/h3-21H,1-2H3. The van der Waals surface area contributed by atoms with Crippen LogP contribution in [0.15, 0.2) is 115 Å². The van der Waals surface area contributed by atoms with Crippen LogP contribution in [0.4, 0.5) is 0 Å². The molecule has 0 radical (unpaired) electrons. The van der Waals surface area contributed by atoms with E-state index in [1.165, 1.54) is 55.1 Å². The van der Waals surface area contributed by atoms with Crippen LogP contribution in [0.3, 0.4) is 0 Å². The first-order chi connectivity index (χ1) is 17.1. The largest absolute Gasteiger partial charge is 0.247 e. The van der Waals surface area contributed by atoms with Gasteiger partial charge in [0, 0.05) is 16.4 Å². The number of hydrogen-bond donors (Lipinski definition) is 0. The van der Waals surface area contributed by atoms with E-state index < -0.39 is 0 Å². The van der Waals surface area contributed by atoms with Crippen LogP contribution in [-0.4, -0.2) is 4.98 Å². The van der Waals surface area contributed by atoms with E-state index in [0.717, 1.165) is 11.2 Å². The lowest BCUT2D eigenvalue weighted by atomic mass is 9.78. The van der Waals surface area contributed by atoms with Crippen molar-refractivity contribution < 1.29 is 0 Å². The van der Waals surface area contributed by atoms with E-state index >= 15 is 0 Å². The fraction of sp³-hybridized carbons (Fsp3) is 0.0882. The third-order valence-electron chi connectivity index (χ3n) is 7.63. The van der Waals surface area contributed by atoms with Gasteiger partial charge in [-0.15, -0.1) is 0 Å². The Morgan fingerprint density at radius 2 is 1.23 bits per heavy atom. The molecule has 35 heavy (non-hydrogen) atoms. The summed E-state index contributed by atoms with van der Waals surface area (Å²) in [5.41, 5.74) is 11.0. The summed E-state index contributed by atoms with van der Waals surface area (Å²) in [7, 11) is 0. The summed E-state index contributed by atoms with van der Waals surface area (Å²) in [4.78, 5) is 5.17. The van der Waals surface area contributed by atoms with E-state index in [-0.39, 0.29) is 5.41 Å². The molecule has 0 unspecified atom stereocenters. The van der Waals surface area contributed by atoms with Gasteiger partial charge >= 0.3 is 0 Å². The first kappa shape index (κ1) is 20.2. The van der Waals surface area contributed by atoms with E-state index in [9.17, 15) is 0 Å². The molecule has 0 amide bonds. The average molecular weight is 448 g/mol. The summed E-state index contributed by atoms with van der Waals surface area (Å²) in [6, 6.07) is 41.6. The van der Waals surface area contributed by atoms with E-state index in [0.29, 0.717) is 0 Å². The molecule has 1 nitrogen and oxygen atoms in total. The molecule has 0 fully saturated rings. The zero-order chi connectivity index (χ0) is 23.6. The number of para-hydroxylation sites is 1. The highest BCUT2D eigenvalue weighted by Gasteiger charge is 2.39. The average Bonchev–Trinajstić information content (AvgIpc) is 3.14. The van der Waals surface area contributed by atoms with E-state index in [1.807, 2.05) is 0 Å². The zero-order valence-electron chi connectivity index (χ0n) is 19.9. The maximum atomic E-state index is 5.17. The number of nitrogens with zero attached hydrogens (tertiary/aromatic N) is 1. The molecule has 1 aromatic heterocycles. The third kappa shape index (κ3) is 2.98. The van der Waals surface area contributed by atoms with Gasteiger partial charge in [0.1, 0.15) is 0 Å². The van der Waals surface area contributed by atoms with Crippen LogP contribution in [-0.2, 0) is 5.41 Å². The number of aromatic nitrogens is 1. The Kier molecular flexibility index (Phi) is 4.25. The first-order valence-corrected chi connectivity index (χ1v) is 12.2. The first-order valence-electron chi connectivity index (χ1n) is 12.2. The Morgan fingerprint density at radius 3 is 2.09 bits per heavy atom. The fourth-order valence-electron chi connectivity index (χ4n) is 5.88. The maximum absolute atomic E-state index is 5.17. The van der Waals surface area contributed by atoms with E-state index in [2.05, 4.69) is 129 Å². The van der Waals surface area contributed by atoms with Crippen LogP contribution in [0.2, 0.25) is 0 Å². The van der Waals surface area contributed by atoms with Crippen molar-refractivity contribution in [2.45, 2.75) is 19.3 Å². The molecule has 166 valence electrons. The second kappa shape index (κ2) is 7.38. The van der Waals surface area contributed by atoms with Crippen molar-refractivity contribution in [3.8, 4) is 33.5 Å². The molecule has 5 aromatic carbocycles. The summed E-state index contributed by atoms with van der Waals surface area (Å²) >= 11 is 0. The van der Waals surface area contributed by atoms with Crippen molar-refractivity contribution in [1.82, 2.24) is 4.98 Å². The summed E-state index contributed by atoms with van der Waals surface area (Å²) in [5, 5.41) is 3.76. The second-order valence-corrected chi connectivity index (χ2v) is 10.0. The number of rotatable bonds is 2. The molecule has 0 spiro atoms. The summed E-state index contributed by atoms with van der Waals surface area (Å²) in [6.45, 7) is 4.67. The molecule has 1 heteroatoms. The van der Waals surface area contributed by atoms with Gasteiger partial charge in [0.05, 0.1) is 11.2 Å². The molecule has 0 bridgehead atoms. The Morgan fingerprint density at radius 1 is 0.571 bits per heavy atom. The lowest BCUT2D eigenvalue weighted by molar-refractivity contribution is 0.662. The number of fused-ring (bicyclic) bond motifs is 5. The molecule has 0 saturated heterocycles. The van der Waals surface area contributed by atoms with Crippen molar-refractivity contribution >= 4 is 21.7 Å². The van der Waals surface area contributed by atoms with Gasteiger partial charge < -0.3 is 0 Å². The topological polar surface area (TPSA) is 12.9 Å². The van der Waals surface area contributed by atoms with Crippen molar-refractivity contribution in [3.63, 3.8) is 0 Å². The molecule has 0 aliphatic heterocycles. The Hall–Kier alpha value is -4.23. The highest BCUT2D eigenvalue weighted by atomic mass is 14.7. The minimum atomic E-state index is -0.116. The fourth-order valence-corrected chi connectivity index (χ4v) is 5.88. The smallest absolute Gasteiger partial charge is 0.0759 e. The van der Waals surface area contributed by atoms with Gasteiger partial charge in [-0.3, -0.25) is 0 Å². The molecule has 0 N–H and O–H groups in total. The molecule has 1 heterocycles. The quantitative estimate of drug-likeness (QED) is 0.258. The maximum Gasteiger partial charge on any atom is 0.0759 e. The van der Waals surface area contributed by atoms with E-state index in [1.54, 1.807) is 0 Å². The van der Waals surface area contributed by atoms with Gasteiger partial charge in [-0.1, -0.05) is 117 Å². The Balaban J connectivity index is 1.44. The van der Waals surface area contributed by atoms with Gasteiger partial charge in [0.25, 0.3) is 0 Å². The number of hydrogen-bond acceptors (Lipinski definition) is 1. The Labute approximate surface area is 205 Å². The van der Waals surface area contributed by atoms with Gasteiger partial charge in [-0.05, 0) is 56.3 Å². The van der Waals surface area contributed by atoms with Crippen molar-refractivity contribution in [1.29, 1.82) is 0 Å². The summed E-state index contributed by atoms with van der Waals surface area (Å²) in [6.07, 6.45) is 0. The van der Waals surface area contributed by atoms with Crippen molar-refractivity contribution in [2.75, 3.05) is 0 Å². The van der Waals surface area contributed by atoms with Crippen LogP contribution in [0.5, 0.6) is 0 Å². The molecule has 0 saturated carbocycles. The molecule has 1 aliphatic carbocycles. The highest BCUT2D eigenvalue weighted by molar-refractivity contribution is 6.02. The summed E-state index contributed by atoms with van der Waals surface area (Å²) < 4.78 is 0. The van der Waals surface area contributed by atoms with E-state index in [4.69, 9.17) is 4.98 Å². The SMILES string of the molecule is CC1(C)c2ccccc2-c2nc3ccccc3c(-c3ccc(-c4ccc5ccccc5c4)cc3)c21. The van der Waals surface area contributed by atoms with Crippen LogP contribution in [0.1, 0.15) is 25.0 Å². The third-order valence-corrected chi connectivity index (χ3v) is 7.63. The molecular formula is C34H25N. The predicted molar refractivity (Wildman–Crippen MR) is 148 cm³/mol. The number of benzene rings is 5. The van der Waals surface area contributed by atoms with Crippen molar-refractivity contribution in [3.05, 3.63) is 126 Å². The Bertz CT molecular complexity index is 1760. The minimum absolute atomic E-state index is 0.116. The monoisotopic (exact) mass is 447 g/mol. The lowest BCUT2D eigenvalue weighted by Crippen LogP contribution is -2.16. The van der Waals surface area contributed by atoms with Gasteiger partial charge in [-0.2, -0.15) is 0 Å². The van der Waals surface area contributed by atoms with Crippen LogP contribution >= 0.6 is 0 Å². The van der Waals surface area contributed by atoms with Gasteiger partial charge in [0.2, 0.25) is 0 Å². The van der Waals surface area contributed by atoms with Gasteiger partial charge in [0.15, 0.2) is 0 Å². The normalized spacial score (nSPS) is 13.7. The lowest BCUT2D eigenvalue weighted by Gasteiger charge is -2.25. The molecule has 6 aromatic rings. The zero-order valence-corrected chi connectivity index (χ0v) is 19.9. The minimum Gasteiger partial charge on any atom is -0.247 e.